The maximum atomic E-state index is 10.6. The predicted molar refractivity (Wildman–Crippen MR) is 53.6 cm³/mol. The molecule has 0 aliphatic carbocycles. The molecule has 2 aromatic rings. The molecule has 2 nitrogen and oxygen atoms in total. The Labute approximate surface area is 79.4 Å². The summed E-state index contributed by atoms with van der Waals surface area (Å²) in [5, 5.41) is 10.5. The number of aromatic hydroxyl groups is 1. The number of aldehydes is 1. The van der Waals surface area contributed by atoms with Gasteiger partial charge in [-0.25, -0.2) is 0 Å². The van der Waals surface area contributed by atoms with E-state index in [-0.39, 0.29) is 5.75 Å². The molecule has 0 atom stereocenters. The molecule has 0 saturated carbocycles. The van der Waals surface area contributed by atoms with Crippen LogP contribution in [0.1, 0.15) is 15.2 Å². The van der Waals surface area contributed by atoms with Gasteiger partial charge in [-0.15, -0.1) is 11.3 Å². The summed E-state index contributed by atoms with van der Waals surface area (Å²) >= 11 is 1.32. The number of thiophene rings is 1. The number of hydrogen-bond acceptors (Lipinski definition) is 3. The number of rotatable bonds is 1. The SMILES string of the molecule is Cc1cccc2sc(C=O)c(O)c12. The zero-order valence-electron chi connectivity index (χ0n) is 7.07. The van der Waals surface area contributed by atoms with Gasteiger partial charge >= 0.3 is 0 Å². The van der Waals surface area contributed by atoms with E-state index in [1.165, 1.54) is 11.3 Å². The van der Waals surface area contributed by atoms with Crippen LogP contribution >= 0.6 is 11.3 Å². The lowest BCUT2D eigenvalue weighted by atomic mass is 10.1. The van der Waals surface area contributed by atoms with Gasteiger partial charge in [-0.3, -0.25) is 4.79 Å². The molecule has 0 bridgehead atoms. The monoisotopic (exact) mass is 192 g/mol. The first kappa shape index (κ1) is 8.26. The average Bonchev–Trinajstić information content (AvgIpc) is 2.44. The van der Waals surface area contributed by atoms with Crippen LogP contribution in [-0.2, 0) is 0 Å². The van der Waals surface area contributed by atoms with Crippen molar-refractivity contribution in [2.24, 2.45) is 0 Å². The zero-order chi connectivity index (χ0) is 9.42. The van der Waals surface area contributed by atoms with Crippen molar-refractivity contribution in [2.45, 2.75) is 6.92 Å². The molecule has 0 aliphatic heterocycles. The Morgan fingerprint density at radius 3 is 2.85 bits per heavy atom. The Morgan fingerprint density at radius 2 is 2.23 bits per heavy atom. The summed E-state index contributed by atoms with van der Waals surface area (Å²) in [7, 11) is 0. The normalized spacial score (nSPS) is 10.5. The number of benzene rings is 1. The summed E-state index contributed by atoms with van der Waals surface area (Å²) in [6.45, 7) is 1.92. The third kappa shape index (κ3) is 1.12. The molecule has 1 aromatic heterocycles. The topological polar surface area (TPSA) is 37.3 Å². The molecule has 0 amide bonds. The van der Waals surface area contributed by atoms with Gasteiger partial charge < -0.3 is 5.11 Å². The summed E-state index contributed by atoms with van der Waals surface area (Å²) in [4.78, 5) is 11.0. The second kappa shape index (κ2) is 2.85. The van der Waals surface area contributed by atoms with Crippen LogP contribution in [0, 0.1) is 6.92 Å². The Hall–Kier alpha value is -1.35. The van der Waals surface area contributed by atoms with Crippen LogP contribution < -0.4 is 0 Å². The van der Waals surface area contributed by atoms with Crippen LogP contribution in [0.2, 0.25) is 0 Å². The molecule has 0 spiro atoms. The molecule has 1 heterocycles. The van der Waals surface area contributed by atoms with Gasteiger partial charge in [-0.2, -0.15) is 0 Å². The average molecular weight is 192 g/mol. The quantitative estimate of drug-likeness (QED) is 0.705. The molecule has 1 aromatic carbocycles. The highest BCUT2D eigenvalue weighted by atomic mass is 32.1. The molecule has 0 radical (unpaired) electrons. The van der Waals surface area contributed by atoms with Gasteiger partial charge in [0, 0.05) is 10.1 Å². The molecule has 3 heteroatoms. The van der Waals surface area contributed by atoms with E-state index in [1.54, 1.807) is 0 Å². The van der Waals surface area contributed by atoms with Crippen LogP contribution in [0.3, 0.4) is 0 Å². The molecular weight excluding hydrogens is 184 g/mol. The molecule has 13 heavy (non-hydrogen) atoms. The Balaban J connectivity index is 2.92. The minimum absolute atomic E-state index is 0.119. The molecule has 0 saturated heterocycles. The van der Waals surface area contributed by atoms with Gasteiger partial charge in [0.1, 0.15) is 10.6 Å². The first-order valence-corrected chi connectivity index (χ1v) is 4.72. The smallest absolute Gasteiger partial charge is 0.163 e. The highest BCUT2D eigenvalue weighted by Crippen LogP contribution is 2.37. The number of carbonyl (C=O) groups is 1. The standard InChI is InChI=1S/C10H8O2S/c1-6-3-2-4-7-9(6)10(12)8(5-11)13-7/h2-5,12H,1H3. The van der Waals surface area contributed by atoms with E-state index in [1.807, 2.05) is 25.1 Å². The van der Waals surface area contributed by atoms with Crippen LogP contribution in [0.4, 0.5) is 0 Å². The molecular formula is C10H8O2S. The van der Waals surface area contributed by atoms with Gasteiger partial charge in [0.05, 0.1) is 0 Å². The van der Waals surface area contributed by atoms with Gasteiger partial charge in [0.2, 0.25) is 0 Å². The zero-order valence-corrected chi connectivity index (χ0v) is 7.89. The fourth-order valence-electron chi connectivity index (χ4n) is 1.40. The minimum atomic E-state index is 0.119. The highest BCUT2D eigenvalue weighted by Gasteiger charge is 2.11. The summed E-state index contributed by atoms with van der Waals surface area (Å²) in [5.41, 5.74) is 0.999. The third-order valence-corrected chi connectivity index (χ3v) is 3.10. The van der Waals surface area contributed by atoms with Crippen molar-refractivity contribution in [3.63, 3.8) is 0 Å². The summed E-state index contributed by atoms with van der Waals surface area (Å²) in [6.07, 6.45) is 0.694. The molecule has 1 N–H and O–H groups in total. The van der Waals surface area contributed by atoms with Crippen LogP contribution in [0.15, 0.2) is 18.2 Å². The van der Waals surface area contributed by atoms with Crippen LogP contribution in [-0.4, -0.2) is 11.4 Å². The fourth-order valence-corrected chi connectivity index (χ4v) is 2.39. The van der Waals surface area contributed by atoms with Crippen molar-refractivity contribution in [2.75, 3.05) is 0 Å². The number of hydrogen-bond donors (Lipinski definition) is 1. The second-order valence-electron chi connectivity index (χ2n) is 2.88. The Bertz CT molecular complexity index is 471. The van der Waals surface area contributed by atoms with Crippen LogP contribution in [0.25, 0.3) is 10.1 Å². The van der Waals surface area contributed by atoms with E-state index in [0.717, 1.165) is 15.6 Å². The summed E-state index contributed by atoms with van der Waals surface area (Å²) in [5.74, 6) is 0.119. The Kier molecular flexibility index (Phi) is 1.81. The number of carbonyl (C=O) groups excluding carboxylic acids is 1. The minimum Gasteiger partial charge on any atom is -0.506 e. The predicted octanol–water partition coefficient (Wildman–Crippen LogP) is 2.73. The van der Waals surface area contributed by atoms with E-state index in [2.05, 4.69) is 0 Å². The molecule has 66 valence electrons. The third-order valence-electron chi connectivity index (χ3n) is 2.03. The summed E-state index contributed by atoms with van der Waals surface area (Å²) < 4.78 is 0.958. The van der Waals surface area contributed by atoms with E-state index < -0.39 is 0 Å². The van der Waals surface area contributed by atoms with Crippen molar-refractivity contribution in [3.05, 3.63) is 28.6 Å². The first-order valence-electron chi connectivity index (χ1n) is 3.90. The van der Waals surface area contributed by atoms with Gasteiger partial charge in [-0.1, -0.05) is 12.1 Å². The lowest BCUT2D eigenvalue weighted by molar-refractivity contribution is 0.112. The fraction of sp³-hybridized carbons (Fsp3) is 0.100. The Morgan fingerprint density at radius 1 is 1.46 bits per heavy atom. The van der Waals surface area contributed by atoms with Crippen molar-refractivity contribution in [1.82, 2.24) is 0 Å². The van der Waals surface area contributed by atoms with Crippen molar-refractivity contribution >= 4 is 27.7 Å². The van der Waals surface area contributed by atoms with E-state index in [4.69, 9.17) is 0 Å². The lowest BCUT2D eigenvalue weighted by Gasteiger charge is -1.94. The molecule has 0 unspecified atom stereocenters. The van der Waals surface area contributed by atoms with Gasteiger partial charge in [-0.05, 0) is 18.6 Å². The summed E-state index contributed by atoms with van der Waals surface area (Å²) in [6, 6.07) is 5.74. The van der Waals surface area contributed by atoms with Crippen LogP contribution in [0.5, 0.6) is 5.75 Å². The van der Waals surface area contributed by atoms with Gasteiger partial charge in [0.25, 0.3) is 0 Å². The van der Waals surface area contributed by atoms with Crippen molar-refractivity contribution in [3.8, 4) is 5.75 Å². The number of fused-ring (bicyclic) bond motifs is 1. The molecule has 2 rings (SSSR count). The maximum Gasteiger partial charge on any atom is 0.163 e. The molecule has 0 fully saturated rings. The van der Waals surface area contributed by atoms with E-state index in [9.17, 15) is 9.90 Å². The van der Waals surface area contributed by atoms with E-state index in [0.29, 0.717) is 11.2 Å². The van der Waals surface area contributed by atoms with Crippen molar-refractivity contribution < 1.29 is 9.90 Å². The first-order chi connectivity index (χ1) is 6.24. The lowest BCUT2D eigenvalue weighted by Crippen LogP contribution is -1.73. The largest absolute Gasteiger partial charge is 0.506 e. The maximum absolute atomic E-state index is 10.6. The number of aryl methyl sites for hydroxylation is 1. The highest BCUT2D eigenvalue weighted by molar-refractivity contribution is 7.21. The van der Waals surface area contributed by atoms with E-state index >= 15 is 0 Å². The van der Waals surface area contributed by atoms with Crippen molar-refractivity contribution in [1.29, 1.82) is 0 Å². The molecule has 0 aliphatic rings. The van der Waals surface area contributed by atoms with Gasteiger partial charge in [0.15, 0.2) is 6.29 Å². The second-order valence-corrected chi connectivity index (χ2v) is 3.96.